The summed E-state index contributed by atoms with van der Waals surface area (Å²) in [5, 5.41) is 6.34. The molecule has 0 bridgehead atoms. The van der Waals surface area contributed by atoms with Gasteiger partial charge in [0, 0.05) is 11.3 Å². The van der Waals surface area contributed by atoms with Crippen LogP contribution in [0.2, 0.25) is 0 Å². The Labute approximate surface area is 183 Å². The van der Waals surface area contributed by atoms with Gasteiger partial charge in [0.1, 0.15) is 5.75 Å². The number of aromatic amines is 1. The molecule has 0 atom stereocenters. The van der Waals surface area contributed by atoms with Crippen LogP contribution in [0.1, 0.15) is 10.4 Å². The van der Waals surface area contributed by atoms with Crippen molar-refractivity contribution >= 4 is 46.0 Å². The molecule has 1 heterocycles. The zero-order valence-electron chi connectivity index (χ0n) is 16.7. The monoisotopic (exact) mass is 432 g/mol. The standard InChI is InChI=1S/C23H20N4O3S/c1-30-20-9-5-4-8-19(20)25-22(29)15-10-12-16(13-11-15)24-21(28)14-31-23-26-17-6-2-3-7-18(17)27-23/h2-13H,14H2,1H3,(H,24,28)(H,25,29)(H,26,27). The molecule has 0 aliphatic heterocycles. The number of amides is 2. The molecule has 0 aliphatic carbocycles. The number of carbonyl (C=O) groups is 2. The summed E-state index contributed by atoms with van der Waals surface area (Å²) < 4.78 is 5.25. The first-order valence-corrected chi connectivity index (χ1v) is 10.5. The number of aromatic nitrogens is 2. The number of methoxy groups -OCH3 is 1. The summed E-state index contributed by atoms with van der Waals surface area (Å²) in [5.41, 5.74) is 3.49. The maximum absolute atomic E-state index is 12.5. The van der Waals surface area contributed by atoms with Crippen molar-refractivity contribution in [2.75, 3.05) is 23.5 Å². The Bertz CT molecular complexity index is 1190. The van der Waals surface area contributed by atoms with E-state index < -0.39 is 0 Å². The Morgan fingerprint density at radius 3 is 2.48 bits per heavy atom. The quantitative estimate of drug-likeness (QED) is 0.372. The fourth-order valence-corrected chi connectivity index (χ4v) is 3.66. The highest BCUT2D eigenvalue weighted by Crippen LogP contribution is 2.24. The fraction of sp³-hybridized carbons (Fsp3) is 0.0870. The van der Waals surface area contributed by atoms with Gasteiger partial charge in [0.05, 0.1) is 29.6 Å². The lowest BCUT2D eigenvalue weighted by Gasteiger charge is -2.10. The van der Waals surface area contributed by atoms with Crippen molar-refractivity contribution in [3.63, 3.8) is 0 Å². The first-order valence-electron chi connectivity index (χ1n) is 9.54. The maximum atomic E-state index is 12.5. The van der Waals surface area contributed by atoms with Crippen molar-refractivity contribution in [2.24, 2.45) is 0 Å². The molecular formula is C23H20N4O3S. The van der Waals surface area contributed by atoms with Crippen LogP contribution in [0.25, 0.3) is 11.0 Å². The molecule has 3 aromatic carbocycles. The number of rotatable bonds is 7. The van der Waals surface area contributed by atoms with E-state index in [1.54, 1.807) is 43.5 Å². The van der Waals surface area contributed by atoms with Crippen LogP contribution in [-0.2, 0) is 4.79 Å². The minimum absolute atomic E-state index is 0.156. The van der Waals surface area contributed by atoms with E-state index in [0.29, 0.717) is 27.8 Å². The van der Waals surface area contributed by atoms with Crippen molar-refractivity contribution < 1.29 is 14.3 Å². The molecule has 1 aromatic heterocycles. The van der Waals surface area contributed by atoms with Crippen molar-refractivity contribution in [2.45, 2.75) is 5.16 Å². The van der Waals surface area contributed by atoms with Gasteiger partial charge in [0.2, 0.25) is 5.91 Å². The Morgan fingerprint density at radius 1 is 0.968 bits per heavy atom. The van der Waals surface area contributed by atoms with E-state index >= 15 is 0 Å². The zero-order valence-corrected chi connectivity index (χ0v) is 17.5. The number of imidazole rings is 1. The number of carbonyl (C=O) groups excluding carboxylic acids is 2. The second kappa shape index (κ2) is 9.36. The number of nitrogens with one attached hydrogen (secondary N) is 3. The van der Waals surface area contributed by atoms with E-state index in [-0.39, 0.29) is 17.6 Å². The Morgan fingerprint density at radius 2 is 1.71 bits per heavy atom. The number of ether oxygens (including phenoxy) is 1. The molecule has 0 radical (unpaired) electrons. The maximum Gasteiger partial charge on any atom is 0.255 e. The highest BCUT2D eigenvalue weighted by Gasteiger charge is 2.11. The minimum atomic E-state index is -0.261. The first kappa shape index (κ1) is 20.5. The molecule has 31 heavy (non-hydrogen) atoms. The highest BCUT2D eigenvalue weighted by atomic mass is 32.2. The average Bonchev–Trinajstić information content (AvgIpc) is 3.21. The molecule has 4 rings (SSSR count). The first-order chi connectivity index (χ1) is 15.1. The van der Waals surface area contributed by atoms with E-state index in [1.807, 2.05) is 36.4 Å². The number of hydrogen-bond acceptors (Lipinski definition) is 5. The number of para-hydroxylation sites is 4. The number of thioether (sulfide) groups is 1. The Hall–Kier alpha value is -3.78. The van der Waals surface area contributed by atoms with E-state index in [9.17, 15) is 9.59 Å². The zero-order chi connectivity index (χ0) is 21.6. The molecule has 0 saturated carbocycles. The Kier molecular flexibility index (Phi) is 6.18. The lowest BCUT2D eigenvalue weighted by molar-refractivity contribution is -0.113. The van der Waals surface area contributed by atoms with Gasteiger partial charge < -0.3 is 20.4 Å². The summed E-state index contributed by atoms with van der Waals surface area (Å²) in [6.45, 7) is 0. The third-order valence-corrected chi connectivity index (χ3v) is 5.37. The SMILES string of the molecule is COc1ccccc1NC(=O)c1ccc(NC(=O)CSc2nc3ccccc3[nH]2)cc1. The normalized spacial score (nSPS) is 10.6. The molecule has 2 amide bonds. The van der Waals surface area contributed by atoms with Crippen LogP contribution in [0, 0.1) is 0 Å². The second-order valence-electron chi connectivity index (χ2n) is 6.63. The number of anilines is 2. The van der Waals surface area contributed by atoms with Gasteiger partial charge in [-0.1, -0.05) is 36.0 Å². The molecule has 0 fully saturated rings. The summed E-state index contributed by atoms with van der Waals surface area (Å²) in [6, 6.07) is 21.6. The molecule has 0 saturated heterocycles. The van der Waals surface area contributed by atoms with E-state index in [4.69, 9.17) is 4.74 Å². The van der Waals surface area contributed by atoms with Gasteiger partial charge in [-0.05, 0) is 48.5 Å². The van der Waals surface area contributed by atoms with Crippen LogP contribution >= 0.6 is 11.8 Å². The molecule has 0 unspecified atom stereocenters. The second-order valence-corrected chi connectivity index (χ2v) is 7.59. The van der Waals surface area contributed by atoms with Crippen LogP contribution in [-0.4, -0.2) is 34.6 Å². The van der Waals surface area contributed by atoms with Crippen LogP contribution in [0.3, 0.4) is 0 Å². The van der Waals surface area contributed by atoms with Gasteiger partial charge in [0.25, 0.3) is 5.91 Å². The van der Waals surface area contributed by atoms with E-state index in [0.717, 1.165) is 11.0 Å². The number of fused-ring (bicyclic) bond motifs is 1. The third-order valence-electron chi connectivity index (χ3n) is 4.49. The van der Waals surface area contributed by atoms with Gasteiger partial charge >= 0.3 is 0 Å². The molecule has 4 aromatic rings. The summed E-state index contributed by atoms with van der Waals surface area (Å²) in [5.74, 6) is 0.386. The third kappa shape index (κ3) is 5.04. The smallest absolute Gasteiger partial charge is 0.255 e. The van der Waals surface area contributed by atoms with Crippen LogP contribution in [0.5, 0.6) is 5.75 Å². The van der Waals surface area contributed by atoms with Gasteiger partial charge in [-0.15, -0.1) is 0 Å². The van der Waals surface area contributed by atoms with Crippen molar-refractivity contribution in [1.82, 2.24) is 9.97 Å². The van der Waals surface area contributed by atoms with Gasteiger partial charge in [-0.25, -0.2) is 4.98 Å². The van der Waals surface area contributed by atoms with Crippen LogP contribution in [0.15, 0.2) is 78.0 Å². The van der Waals surface area contributed by atoms with E-state index in [2.05, 4.69) is 20.6 Å². The summed E-state index contributed by atoms with van der Waals surface area (Å²) in [4.78, 5) is 32.4. The lowest BCUT2D eigenvalue weighted by atomic mass is 10.2. The summed E-state index contributed by atoms with van der Waals surface area (Å²) in [7, 11) is 1.55. The van der Waals surface area contributed by atoms with Crippen LogP contribution in [0.4, 0.5) is 11.4 Å². The van der Waals surface area contributed by atoms with Crippen LogP contribution < -0.4 is 15.4 Å². The fourth-order valence-electron chi connectivity index (χ4n) is 2.98. The number of hydrogen-bond donors (Lipinski definition) is 3. The molecule has 0 spiro atoms. The van der Waals surface area contributed by atoms with Gasteiger partial charge in [-0.3, -0.25) is 9.59 Å². The molecule has 7 nitrogen and oxygen atoms in total. The van der Waals surface area contributed by atoms with Crippen molar-refractivity contribution in [1.29, 1.82) is 0 Å². The lowest BCUT2D eigenvalue weighted by Crippen LogP contribution is -2.15. The Balaban J connectivity index is 1.32. The minimum Gasteiger partial charge on any atom is -0.495 e. The molecule has 3 N–H and O–H groups in total. The molecular weight excluding hydrogens is 412 g/mol. The van der Waals surface area contributed by atoms with Crippen molar-refractivity contribution in [3.8, 4) is 5.75 Å². The van der Waals surface area contributed by atoms with E-state index in [1.165, 1.54) is 11.8 Å². The van der Waals surface area contributed by atoms with Gasteiger partial charge in [-0.2, -0.15) is 0 Å². The largest absolute Gasteiger partial charge is 0.495 e. The summed E-state index contributed by atoms with van der Waals surface area (Å²) >= 11 is 1.33. The molecule has 8 heteroatoms. The predicted molar refractivity (Wildman–Crippen MR) is 123 cm³/mol. The average molecular weight is 433 g/mol. The number of benzene rings is 3. The van der Waals surface area contributed by atoms with Crippen molar-refractivity contribution in [3.05, 3.63) is 78.4 Å². The number of nitrogens with zero attached hydrogens (tertiary/aromatic N) is 1. The predicted octanol–water partition coefficient (Wildman–Crippen LogP) is 4.55. The molecule has 0 aliphatic rings. The topological polar surface area (TPSA) is 96.1 Å². The molecule has 156 valence electrons. The summed E-state index contributed by atoms with van der Waals surface area (Å²) in [6.07, 6.45) is 0. The highest BCUT2D eigenvalue weighted by molar-refractivity contribution is 7.99. The van der Waals surface area contributed by atoms with Gasteiger partial charge in [0.15, 0.2) is 5.16 Å². The number of H-pyrrole nitrogens is 1.